The van der Waals surface area contributed by atoms with Crippen LogP contribution in [0.1, 0.15) is 19.3 Å². The van der Waals surface area contributed by atoms with Crippen LogP contribution in [0.25, 0.3) is 0 Å². The molecule has 0 aliphatic rings. The summed E-state index contributed by atoms with van der Waals surface area (Å²) in [6.07, 6.45) is 0.926. The molecule has 1 aromatic carbocycles. The summed E-state index contributed by atoms with van der Waals surface area (Å²) in [5.41, 5.74) is 0.769. The molecule has 0 bridgehead atoms. The summed E-state index contributed by atoms with van der Waals surface area (Å²) in [7, 11) is 0. The maximum absolute atomic E-state index is 11.6. The number of carbonyl (C=O) groups is 3. The first kappa shape index (κ1) is 18.0. The molecule has 0 heterocycles. The number of anilines is 1. The summed E-state index contributed by atoms with van der Waals surface area (Å²) >= 11 is 1.47. The minimum absolute atomic E-state index is 0.0675. The van der Waals surface area contributed by atoms with Gasteiger partial charge in [-0.1, -0.05) is 18.2 Å². The minimum atomic E-state index is -0.930. The number of thioether (sulfide) groups is 1. The molecule has 0 radical (unpaired) electrons. The highest BCUT2D eigenvalue weighted by molar-refractivity contribution is 7.99. The van der Waals surface area contributed by atoms with Gasteiger partial charge in [-0.05, 0) is 24.3 Å². The van der Waals surface area contributed by atoms with Crippen LogP contribution in [0, 0.1) is 0 Å². The molecule has 0 unspecified atom stereocenters. The molecule has 2 amide bonds. The van der Waals surface area contributed by atoms with Crippen LogP contribution in [0.5, 0.6) is 0 Å². The molecule has 0 saturated heterocycles. The molecule has 0 spiro atoms. The quantitative estimate of drug-likeness (QED) is 0.570. The Balaban J connectivity index is 2.02. The summed E-state index contributed by atoms with van der Waals surface area (Å²) < 4.78 is 0. The number of hydrogen-bond acceptors (Lipinski definition) is 4. The van der Waals surface area contributed by atoms with Crippen LogP contribution in [0.15, 0.2) is 30.3 Å². The zero-order chi connectivity index (χ0) is 16.2. The summed E-state index contributed by atoms with van der Waals surface area (Å²) in [6.45, 7) is 0.154. The smallest absolute Gasteiger partial charge is 0.305 e. The second kappa shape index (κ2) is 10.7. The fourth-order valence-electron chi connectivity index (χ4n) is 1.62. The normalized spacial score (nSPS) is 10.0. The van der Waals surface area contributed by atoms with Gasteiger partial charge >= 0.3 is 5.97 Å². The van der Waals surface area contributed by atoms with E-state index in [1.54, 1.807) is 0 Å². The molecular weight excluding hydrogens is 304 g/mol. The monoisotopic (exact) mass is 324 g/mol. The molecule has 120 valence electrons. The van der Waals surface area contributed by atoms with Gasteiger partial charge in [0.05, 0.1) is 12.2 Å². The number of aliphatic carboxylic acids is 1. The fraction of sp³-hybridized carbons (Fsp3) is 0.400. The predicted octanol–water partition coefficient (Wildman–Crippen LogP) is 1.73. The number of para-hydroxylation sites is 1. The Morgan fingerprint density at radius 1 is 1.05 bits per heavy atom. The number of carbonyl (C=O) groups excluding carboxylic acids is 2. The highest BCUT2D eigenvalue weighted by Gasteiger charge is 2.04. The van der Waals surface area contributed by atoms with Crippen LogP contribution in [0.3, 0.4) is 0 Å². The van der Waals surface area contributed by atoms with Crippen molar-refractivity contribution in [3.63, 3.8) is 0 Å². The first-order valence-electron chi connectivity index (χ1n) is 6.99. The Hall–Kier alpha value is -2.02. The number of amides is 2. The van der Waals surface area contributed by atoms with Gasteiger partial charge in [0.25, 0.3) is 0 Å². The third-order valence-electron chi connectivity index (χ3n) is 2.64. The SMILES string of the molecule is O=C(O)CCNC(=O)CCCSCC(=O)Nc1ccccc1. The third-order valence-corrected chi connectivity index (χ3v) is 3.69. The average molecular weight is 324 g/mol. The van der Waals surface area contributed by atoms with Crippen molar-refractivity contribution < 1.29 is 19.5 Å². The fourth-order valence-corrected chi connectivity index (χ4v) is 2.37. The molecular formula is C15H20N2O4S. The zero-order valence-corrected chi connectivity index (χ0v) is 13.0. The number of carboxylic acids is 1. The van der Waals surface area contributed by atoms with E-state index in [4.69, 9.17) is 5.11 Å². The highest BCUT2D eigenvalue weighted by Crippen LogP contribution is 2.08. The average Bonchev–Trinajstić information content (AvgIpc) is 2.47. The second-order valence-corrected chi connectivity index (χ2v) is 5.67. The van der Waals surface area contributed by atoms with Crippen LogP contribution < -0.4 is 10.6 Å². The van der Waals surface area contributed by atoms with E-state index in [9.17, 15) is 14.4 Å². The lowest BCUT2D eigenvalue weighted by Crippen LogP contribution is -2.25. The number of rotatable bonds is 10. The highest BCUT2D eigenvalue weighted by atomic mass is 32.2. The summed E-state index contributed by atoms with van der Waals surface area (Å²) in [5, 5.41) is 13.8. The van der Waals surface area contributed by atoms with Crippen LogP contribution in [-0.2, 0) is 14.4 Å². The summed E-state index contributed by atoms with van der Waals surface area (Å²) in [5.74, 6) is -0.109. The van der Waals surface area contributed by atoms with Crippen molar-refractivity contribution in [2.45, 2.75) is 19.3 Å². The minimum Gasteiger partial charge on any atom is -0.481 e. The van der Waals surface area contributed by atoms with Crippen molar-refractivity contribution >= 4 is 35.2 Å². The first-order valence-corrected chi connectivity index (χ1v) is 8.14. The van der Waals surface area contributed by atoms with E-state index in [1.165, 1.54) is 11.8 Å². The maximum atomic E-state index is 11.6. The van der Waals surface area contributed by atoms with Crippen LogP contribution in [0.4, 0.5) is 5.69 Å². The molecule has 22 heavy (non-hydrogen) atoms. The molecule has 6 nitrogen and oxygen atoms in total. The van der Waals surface area contributed by atoms with Crippen molar-refractivity contribution in [2.24, 2.45) is 0 Å². The van der Waals surface area contributed by atoms with Crippen molar-refractivity contribution in [3.8, 4) is 0 Å². The van der Waals surface area contributed by atoms with Crippen LogP contribution in [0.2, 0.25) is 0 Å². The number of hydrogen-bond donors (Lipinski definition) is 3. The maximum Gasteiger partial charge on any atom is 0.305 e. The molecule has 1 aromatic rings. The van der Waals surface area contributed by atoms with Gasteiger partial charge in [-0.3, -0.25) is 14.4 Å². The van der Waals surface area contributed by atoms with Gasteiger partial charge < -0.3 is 15.7 Å². The second-order valence-electron chi connectivity index (χ2n) is 4.56. The number of nitrogens with one attached hydrogen (secondary N) is 2. The van der Waals surface area contributed by atoms with Crippen LogP contribution in [-0.4, -0.2) is 40.9 Å². The van der Waals surface area contributed by atoms with E-state index in [0.717, 1.165) is 5.69 Å². The van der Waals surface area contributed by atoms with Gasteiger partial charge in [-0.2, -0.15) is 11.8 Å². The molecule has 0 saturated carbocycles. The molecule has 0 aliphatic carbocycles. The van der Waals surface area contributed by atoms with Gasteiger partial charge in [0.2, 0.25) is 11.8 Å². The Kier molecular flexibility index (Phi) is 8.74. The van der Waals surface area contributed by atoms with Gasteiger partial charge in [0.1, 0.15) is 0 Å². The topological polar surface area (TPSA) is 95.5 Å². The molecule has 3 N–H and O–H groups in total. The Labute approximate surface area is 133 Å². The van der Waals surface area contributed by atoms with Crippen molar-refractivity contribution in [2.75, 3.05) is 23.4 Å². The van der Waals surface area contributed by atoms with E-state index in [2.05, 4.69) is 10.6 Å². The van der Waals surface area contributed by atoms with E-state index in [-0.39, 0.29) is 24.8 Å². The summed E-state index contributed by atoms with van der Waals surface area (Å²) in [4.78, 5) is 33.3. The molecule has 0 aliphatic heterocycles. The van der Waals surface area contributed by atoms with Crippen molar-refractivity contribution in [1.29, 1.82) is 0 Å². The Morgan fingerprint density at radius 2 is 1.77 bits per heavy atom. The molecule has 0 aromatic heterocycles. The largest absolute Gasteiger partial charge is 0.481 e. The van der Waals surface area contributed by atoms with Crippen molar-refractivity contribution in [3.05, 3.63) is 30.3 Å². The lowest BCUT2D eigenvalue weighted by Gasteiger charge is -2.05. The van der Waals surface area contributed by atoms with E-state index >= 15 is 0 Å². The number of carboxylic acid groups (broad SMARTS) is 1. The van der Waals surface area contributed by atoms with Crippen LogP contribution >= 0.6 is 11.8 Å². The number of benzene rings is 1. The lowest BCUT2D eigenvalue weighted by atomic mass is 10.3. The first-order chi connectivity index (χ1) is 10.6. The standard InChI is InChI=1S/C15H20N2O4S/c18-13(16-9-8-15(20)21)7-4-10-22-11-14(19)17-12-5-2-1-3-6-12/h1-3,5-6H,4,7-11H2,(H,16,18)(H,17,19)(H,20,21). The van der Waals surface area contributed by atoms with E-state index < -0.39 is 5.97 Å². The van der Waals surface area contributed by atoms with E-state index in [1.807, 2.05) is 30.3 Å². The Bertz CT molecular complexity index is 494. The molecule has 7 heteroatoms. The zero-order valence-electron chi connectivity index (χ0n) is 12.2. The predicted molar refractivity (Wildman–Crippen MR) is 86.9 cm³/mol. The van der Waals surface area contributed by atoms with Gasteiger partial charge in [0, 0.05) is 18.7 Å². The third kappa shape index (κ3) is 9.02. The van der Waals surface area contributed by atoms with Gasteiger partial charge in [-0.15, -0.1) is 0 Å². The molecule has 0 atom stereocenters. The van der Waals surface area contributed by atoms with Gasteiger partial charge in [0.15, 0.2) is 0 Å². The van der Waals surface area contributed by atoms with Crippen molar-refractivity contribution in [1.82, 2.24) is 5.32 Å². The molecule has 1 rings (SSSR count). The van der Waals surface area contributed by atoms with E-state index in [0.29, 0.717) is 24.3 Å². The van der Waals surface area contributed by atoms with Gasteiger partial charge in [-0.25, -0.2) is 0 Å². The summed E-state index contributed by atoms with van der Waals surface area (Å²) in [6, 6.07) is 9.23. The Morgan fingerprint density at radius 3 is 2.45 bits per heavy atom. The molecule has 0 fully saturated rings. The lowest BCUT2D eigenvalue weighted by molar-refractivity contribution is -0.137.